The summed E-state index contributed by atoms with van der Waals surface area (Å²) in [6.07, 6.45) is 9.52. The van der Waals surface area contributed by atoms with Crippen molar-refractivity contribution in [3.8, 4) is 0 Å². The number of nitrogens with one attached hydrogen (secondary N) is 1. The molecule has 2 fully saturated rings. The van der Waals surface area contributed by atoms with E-state index in [9.17, 15) is 0 Å². The van der Waals surface area contributed by atoms with Crippen LogP contribution >= 0.6 is 0 Å². The topological polar surface area (TPSA) is 21.3 Å². The molecule has 2 heteroatoms. The number of hydrogen-bond donors (Lipinski definition) is 1. The van der Waals surface area contributed by atoms with Gasteiger partial charge in [-0.15, -0.1) is 0 Å². The van der Waals surface area contributed by atoms with Crippen molar-refractivity contribution in [2.75, 3.05) is 6.54 Å². The molecule has 2 aliphatic carbocycles. The monoisotopic (exact) mass is 287 g/mol. The minimum atomic E-state index is 0.489. The zero-order valence-electron chi connectivity index (χ0n) is 13.3. The summed E-state index contributed by atoms with van der Waals surface area (Å²) in [5, 5.41) is 3.57. The van der Waals surface area contributed by atoms with Gasteiger partial charge >= 0.3 is 0 Å². The van der Waals surface area contributed by atoms with Gasteiger partial charge in [-0.05, 0) is 68.5 Å². The summed E-state index contributed by atoms with van der Waals surface area (Å²) in [6, 6.07) is 9.80. The van der Waals surface area contributed by atoms with Crippen LogP contribution in [-0.2, 0) is 17.8 Å². The fourth-order valence-electron chi connectivity index (χ4n) is 3.12. The summed E-state index contributed by atoms with van der Waals surface area (Å²) >= 11 is 0. The molecule has 0 amide bonds. The zero-order chi connectivity index (χ0) is 14.5. The summed E-state index contributed by atoms with van der Waals surface area (Å²) < 4.78 is 6.07. The van der Waals surface area contributed by atoms with Crippen molar-refractivity contribution in [1.82, 2.24) is 5.32 Å². The first-order valence-corrected chi connectivity index (χ1v) is 8.72. The average molecular weight is 287 g/mol. The Kier molecular flexibility index (Phi) is 5.32. The highest BCUT2D eigenvalue weighted by Crippen LogP contribution is 2.26. The molecule has 2 aliphatic rings. The van der Waals surface area contributed by atoms with Crippen LogP contribution < -0.4 is 5.32 Å². The van der Waals surface area contributed by atoms with E-state index in [4.69, 9.17) is 4.74 Å². The van der Waals surface area contributed by atoms with Crippen molar-refractivity contribution >= 4 is 0 Å². The number of benzene rings is 1. The van der Waals surface area contributed by atoms with Gasteiger partial charge in [0.05, 0.1) is 12.7 Å². The molecule has 1 aromatic carbocycles. The molecular formula is C19H29NO. The van der Waals surface area contributed by atoms with Gasteiger partial charge in [0, 0.05) is 6.04 Å². The molecule has 0 unspecified atom stereocenters. The van der Waals surface area contributed by atoms with Gasteiger partial charge in [0.2, 0.25) is 0 Å². The molecule has 0 heterocycles. The van der Waals surface area contributed by atoms with E-state index in [1.807, 2.05) is 0 Å². The number of rotatable bonds is 7. The minimum Gasteiger partial charge on any atom is -0.374 e. The maximum atomic E-state index is 6.07. The molecule has 0 aliphatic heterocycles. The molecule has 21 heavy (non-hydrogen) atoms. The summed E-state index contributed by atoms with van der Waals surface area (Å²) in [5.74, 6) is 0.897. The Morgan fingerprint density at radius 3 is 2.29 bits per heavy atom. The van der Waals surface area contributed by atoms with Gasteiger partial charge in [0.25, 0.3) is 0 Å². The summed E-state index contributed by atoms with van der Waals surface area (Å²) in [7, 11) is 0. The van der Waals surface area contributed by atoms with E-state index >= 15 is 0 Å². The van der Waals surface area contributed by atoms with Gasteiger partial charge in [0.1, 0.15) is 0 Å². The maximum absolute atomic E-state index is 6.07. The highest BCUT2D eigenvalue weighted by atomic mass is 16.5. The molecule has 1 aromatic rings. The van der Waals surface area contributed by atoms with Crippen LogP contribution in [-0.4, -0.2) is 18.7 Å². The third-order valence-electron chi connectivity index (χ3n) is 4.90. The van der Waals surface area contributed by atoms with Crippen molar-refractivity contribution in [2.24, 2.45) is 5.92 Å². The van der Waals surface area contributed by atoms with Gasteiger partial charge in [-0.1, -0.05) is 31.2 Å². The van der Waals surface area contributed by atoms with Crippen LogP contribution in [0.2, 0.25) is 0 Å². The normalized spacial score (nSPS) is 26.0. The Morgan fingerprint density at radius 2 is 1.62 bits per heavy atom. The highest BCUT2D eigenvalue weighted by molar-refractivity contribution is 5.22. The summed E-state index contributed by atoms with van der Waals surface area (Å²) in [5.41, 5.74) is 2.74. The van der Waals surface area contributed by atoms with E-state index in [2.05, 4.69) is 36.5 Å². The standard InChI is InChI=1S/C19H29NO/c1-15-2-10-19(11-3-15)21-14-17-6-4-16(5-7-17)12-13-20-18-8-9-18/h4-7,15,18-20H,2-3,8-14H2,1H3. The lowest BCUT2D eigenvalue weighted by atomic mass is 9.89. The van der Waals surface area contributed by atoms with Gasteiger partial charge in [-0.2, -0.15) is 0 Å². The minimum absolute atomic E-state index is 0.489. The Balaban J connectivity index is 1.37. The second kappa shape index (κ2) is 7.42. The smallest absolute Gasteiger partial charge is 0.0720 e. The van der Waals surface area contributed by atoms with Gasteiger partial charge in [-0.25, -0.2) is 0 Å². The fourth-order valence-corrected chi connectivity index (χ4v) is 3.12. The predicted octanol–water partition coefficient (Wildman–Crippen LogP) is 4.08. The SMILES string of the molecule is CC1CCC(OCc2ccc(CCNC3CC3)cc2)CC1. The molecule has 116 valence electrons. The van der Waals surface area contributed by atoms with Crippen molar-refractivity contribution in [3.63, 3.8) is 0 Å². The Morgan fingerprint density at radius 1 is 0.952 bits per heavy atom. The molecular weight excluding hydrogens is 258 g/mol. The molecule has 2 nitrogen and oxygen atoms in total. The van der Waals surface area contributed by atoms with Crippen LogP contribution in [0.3, 0.4) is 0 Å². The third kappa shape index (κ3) is 5.12. The predicted molar refractivity (Wildman–Crippen MR) is 87.4 cm³/mol. The van der Waals surface area contributed by atoms with Crippen LogP contribution in [0.1, 0.15) is 56.6 Å². The molecule has 0 spiro atoms. The van der Waals surface area contributed by atoms with Crippen LogP contribution in [0.4, 0.5) is 0 Å². The molecule has 0 radical (unpaired) electrons. The van der Waals surface area contributed by atoms with Crippen molar-refractivity contribution in [1.29, 1.82) is 0 Å². The second-order valence-electron chi connectivity index (χ2n) is 6.99. The zero-order valence-corrected chi connectivity index (χ0v) is 13.3. The molecule has 0 aromatic heterocycles. The van der Waals surface area contributed by atoms with E-state index in [1.54, 1.807) is 0 Å². The van der Waals surface area contributed by atoms with E-state index in [0.717, 1.165) is 31.5 Å². The van der Waals surface area contributed by atoms with E-state index in [-0.39, 0.29) is 0 Å². The largest absolute Gasteiger partial charge is 0.374 e. The lowest BCUT2D eigenvalue weighted by Gasteiger charge is -2.26. The fraction of sp³-hybridized carbons (Fsp3) is 0.684. The lowest BCUT2D eigenvalue weighted by Crippen LogP contribution is -2.20. The second-order valence-corrected chi connectivity index (χ2v) is 6.99. The van der Waals surface area contributed by atoms with Gasteiger partial charge in [0.15, 0.2) is 0 Å². The first kappa shape index (κ1) is 15.1. The van der Waals surface area contributed by atoms with Crippen LogP contribution in [0.25, 0.3) is 0 Å². The van der Waals surface area contributed by atoms with Crippen LogP contribution in [0.15, 0.2) is 24.3 Å². The van der Waals surface area contributed by atoms with Gasteiger partial charge in [-0.3, -0.25) is 0 Å². The first-order chi connectivity index (χ1) is 10.3. The van der Waals surface area contributed by atoms with Crippen molar-refractivity contribution in [2.45, 2.75) is 70.6 Å². The summed E-state index contributed by atoms with van der Waals surface area (Å²) in [4.78, 5) is 0. The van der Waals surface area contributed by atoms with E-state index < -0.39 is 0 Å². The van der Waals surface area contributed by atoms with E-state index in [0.29, 0.717) is 6.10 Å². The Bertz CT molecular complexity index is 416. The molecule has 2 saturated carbocycles. The highest BCUT2D eigenvalue weighted by Gasteiger charge is 2.20. The first-order valence-electron chi connectivity index (χ1n) is 8.72. The number of ether oxygens (including phenoxy) is 1. The molecule has 0 atom stereocenters. The molecule has 3 rings (SSSR count). The van der Waals surface area contributed by atoms with Crippen molar-refractivity contribution in [3.05, 3.63) is 35.4 Å². The third-order valence-corrected chi connectivity index (χ3v) is 4.90. The van der Waals surface area contributed by atoms with E-state index in [1.165, 1.54) is 49.7 Å². The maximum Gasteiger partial charge on any atom is 0.0720 e. The van der Waals surface area contributed by atoms with Crippen molar-refractivity contribution < 1.29 is 4.74 Å². The molecule has 0 saturated heterocycles. The quantitative estimate of drug-likeness (QED) is 0.816. The Hall–Kier alpha value is -0.860. The van der Waals surface area contributed by atoms with Crippen LogP contribution in [0.5, 0.6) is 0 Å². The molecule has 0 bridgehead atoms. The number of hydrogen-bond acceptors (Lipinski definition) is 2. The summed E-state index contributed by atoms with van der Waals surface area (Å²) in [6.45, 7) is 4.24. The lowest BCUT2D eigenvalue weighted by molar-refractivity contribution is 0.00877. The van der Waals surface area contributed by atoms with Crippen LogP contribution in [0, 0.1) is 5.92 Å². The average Bonchev–Trinajstić information content (AvgIpc) is 3.32. The Labute approximate surface area is 129 Å². The van der Waals surface area contributed by atoms with Gasteiger partial charge < -0.3 is 10.1 Å². The molecule has 1 N–H and O–H groups in total.